The zero-order chi connectivity index (χ0) is 14.2. The fraction of sp³-hybridized carbons (Fsp3) is 0.636. The highest BCUT2D eigenvalue weighted by Gasteiger charge is 2.39. The van der Waals surface area contributed by atoms with Crippen molar-refractivity contribution in [3.8, 4) is 0 Å². The van der Waals surface area contributed by atoms with Crippen molar-refractivity contribution < 1.29 is 18.0 Å². The normalized spacial score (nSPS) is 13.5. The maximum atomic E-state index is 12.4. The first-order valence-corrected chi connectivity index (χ1v) is 5.29. The van der Waals surface area contributed by atoms with E-state index in [-0.39, 0.29) is 11.3 Å². The van der Waals surface area contributed by atoms with Gasteiger partial charge in [-0.25, -0.2) is 0 Å². The molecular formula is C11H19F3N2O. The molecule has 0 radical (unpaired) electrons. The molecule has 0 rings (SSSR count). The zero-order valence-corrected chi connectivity index (χ0v) is 10.8. The van der Waals surface area contributed by atoms with Gasteiger partial charge in [0.15, 0.2) is 0 Å². The van der Waals surface area contributed by atoms with Gasteiger partial charge in [-0.1, -0.05) is 20.8 Å². The van der Waals surface area contributed by atoms with Gasteiger partial charge in [0.2, 0.25) is 0 Å². The van der Waals surface area contributed by atoms with Crippen LogP contribution in [-0.4, -0.2) is 24.8 Å². The molecule has 0 fully saturated rings. The molecule has 0 aliphatic rings. The smallest absolute Gasteiger partial charge is 0.366 e. The van der Waals surface area contributed by atoms with Crippen LogP contribution in [0.15, 0.2) is 16.1 Å². The summed E-state index contributed by atoms with van der Waals surface area (Å²) < 4.78 is 37.3. The lowest BCUT2D eigenvalue weighted by atomic mass is 10.0. The van der Waals surface area contributed by atoms with Gasteiger partial charge in [0.05, 0.1) is 0 Å². The average molecular weight is 252 g/mol. The number of nitrogens with two attached hydrogens (primary N) is 1. The van der Waals surface area contributed by atoms with Crippen molar-refractivity contribution in [2.24, 2.45) is 10.7 Å². The van der Waals surface area contributed by atoms with Crippen LogP contribution in [0.5, 0.6) is 0 Å². The second-order valence-corrected chi connectivity index (χ2v) is 2.89. The van der Waals surface area contributed by atoms with Crippen LogP contribution in [0.1, 0.15) is 34.1 Å². The van der Waals surface area contributed by atoms with Gasteiger partial charge in [-0.3, -0.25) is 9.79 Å². The van der Waals surface area contributed by atoms with E-state index in [1.807, 2.05) is 13.8 Å². The third-order valence-electron chi connectivity index (χ3n) is 1.94. The number of aliphatic imine (C=N–C) groups is 1. The van der Waals surface area contributed by atoms with E-state index in [2.05, 4.69) is 4.99 Å². The first-order chi connectivity index (χ1) is 7.75. The fourth-order valence-corrected chi connectivity index (χ4v) is 1.27. The lowest BCUT2D eigenvalue weighted by Crippen LogP contribution is -2.29. The number of halogens is 3. The summed E-state index contributed by atoms with van der Waals surface area (Å²) in [5.74, 6) is -1.48. The molecule has 0 saturated carbocycles. The molecule has 1 amide bonds. The standard InChI is InChI=1S/C9H13F3N2O.C2H6/c1-4-6(14-3)5(2)7(8(13)15)9(10,11)12;1-2/h4H2,1-3H3,(H2,13,15);1-2H3/b7-5+,14-6?;. The summed E-state index contributed by atoms with van der Waals surface area (Å²) >= 11 is 0. The Bertz CT molecular complexity index is 317. The molecule has 0 atom stereocenters. The molecule has 100 valence electrons. The van der Waals surface area contributed by atoms with Gasteiger partial charge in [0.1, 0.15) is 5.57 Å². The van der Waals surface area contributed by atoms with E-state index in [9.17, 15) is 18.0 Å². The molecule has 0 aromatic rings. The van der Waals surface area contributed by atoms with Gasteiger partial charge >= 0.3 is 6.18 Å². The quantitative estimate of drug-likeness (QED) is 0.609. The van der Waals surface area contributed by atoms with Gasteiger partial charge in [-0.05, 0) is 18.9 Å². The van der Waals surface area contributed by atoms with Gasteiger partial charge in [-0.2, -0.15) is 13.2 Å². The molecule has 0 spiro atoms. The van der Waals surface area contributed by atoms with Gasteiger partial charge in [-0.15, -0.1) is 0 Å². The number of allylic oxidation sites excluding steroid dienone is 1. The van der Waals surface area contributed by atoms with E-state index < -0.39 is 17.7 Å². The maximum absolute atomic E-state index is 12.4. The number of hydrogen-bond donors (Lipinski definition) is 1. The van der Waals surface area contributed by atoms with Gasteiger partial charge < -0.3 is 5.73 Å². The van der Waals surface area contributed by atoms with Gasteiger partial charge in [0, 0.05) is 12.8 Å². The molecule has 2 N–H and O–H groups in total. The molecule has 3 nitrogen and oxygen atoms in total. The number of nitrogens with zero attached hydrogens (tertiary/aromatic N) is 1. The molecule has 0 heterocycles. The van der Waals surface area contributed by atoms with E-state index in [1.54, 1.807) is 6.92 Å². The number of carbonyl (C=O) groups excluding carboxylic acids is 1. The van der Waals surface area contributed by atoms with Crippen molar-refractivity contribution in [2.75, 3.05) is 7.05 Å². The summed E-state index contributed by atoms with van der Waals surface area (Å²) in [6, 6.07) is 0. The summed E-state index contributed by atoms with van der Waals surface area (Å²) in [5.41, 5.74) is 3.39. The third kappa shape index (κ3) is 5.51. The van der Waals surface area contributed by atoms with Crippen molar-refractivity contribution in [1.82, 2.24) is 0 Å². The summed E-state index contributed by atoms with van der Waals surface area (Å²) in [6.07, 6.45) is -4.42. The Kier molecular flexibility index (Phi) is 8.35. The molecular weight excluding hydrogens is 233 g/mol. The van der Waals surface area contributed by atoms with Crippen molar-refractivity contribution in [1.29, 1.82) is 0 Å². The highest BCUT2D eigenvalue weighted by molar-refractivity contribution is 6.07. The largest absolute Gasteiger partial charge is 0.422 e. The third-order valence-corrected chi connectivity index (χ3v) is 1.94. The Hall–Kier alpha value is -1.33. The second kappa shape index (κ2) is 7.86. The highest BCUT2D eigenvalue weighted by Crippen LogP contribution is 2.28. The van der Waals surface area contributed by atoms with E-state index in [4.69, 9.17) is 5.73 Å². The summed E-state index contributed by atoms with van der Waals surface area (Å²) in [6.45, 7) is 6.85. The molecule has 0 aliphatic carbocycles. The number of carbonyl (C=O) groups is 1. The monoisotopic (exact) mass is 252 g/mol. The highest BCUT2D eigenvalue weighted by atomic mass is 19.4. The first kappa shape index (κ1) is 18.0. The van der Waals surface area contributed by atoms with E-state index in [0.717, 1.165) is 0 Å². The number of amides is 1. The number of hydrogen-bond acceptors (Lipinski definition) is 2. The van der Waals surface area contributed by atoms with Crippen LogP contribution in [0, 0.1) is 0 Å². The minimum absolute atomic E-state index is 0.208. The number of alkyl halides is 3. The van der Waals surface area contributed by atoms with Crippen LogP contribution in [-0.2, 0) is 4.79 Å². The predicted molar refractivity (Wildman–Crippen MR) is 62.9 cm³/mol. The average Bonchev–Trinajstić information content (AvgIpc) is 2.19. The SMILES string of the molecule is CC.CCC(=NC)/C(C)=C(\C(N)=O)C(F)(F)F. The molecule has 0 unspecified atom stereocenters. The van der Waals surface area contributed by atoms with Crippen LogP contribution in [0.2, 0.25) is 0 Å². The van der Waals surface area contributed by atoms with Crippen molar-refractivity contribution in [3.63, 3.8) is 0 Å². The van der Waals surface area contributed by atoms with E-state index in [0.29, 0.717) is 6.42 Å². The van der Waals surface area contributed by atoms with Crippen molar-refractivity contribution in [2.45, 2.75) is 40.3 Å². The zero-order valence-electron chi connectivity index (χ0n) is 10.8. The lowest BCUT2D eigenvalue weighted by molar-refractivity contribution is -0.128. The second-order valence-electron chi connectivity index (χ2n) is 2.89. The van der Waals surface area contributed by atoms with Gasteiger partial charge in [0.25, 0.3) is 5.91 Å². The van der Waals surface area contributed by atoms with Crippen LogP contribution in [0.4, 0.5) is 13.2 Å². The Labute approximate surface area is 99.6 Å². The lowest BCUT2D eigenvalue weighted by Gasteiger charge is -2.13. The Morgan fingerprint density at radius 2 is 1.71 bits per heavy atom. The molecule has 0 bridgehead atoms. The maximum Gasteiger partial charge on any atom is 0.422 e. The number of rotatable bonds is 3. The molecule has 6 heteroatoms. The molecule has 0 aromatic heterocycles. The minimum atomic E-state index is -4.74. The van der Waals surface area contributed by atoms with Crippen molar-refractivity contribution >= 4 is 11.6 Å². The Balaban J connectivity index is 0. The van der Waals surface area contributed by atoms with Crippen LogP contribution in [0.25, 0.3) is 0 Å². The number of primary amides is 1. The molecule has 0 aliphatic heterocycles. The predicted octanol–water partition coefficient (Wildman–Crippen LogP) is 2.86. The van der Waals surface area contributed by atoms with E-state index in [1.165, 1.54) is 14.0 Å². The fourth-order valence-electron chi connectivity index (χ4n) is 1.27. The summed E-state index contributed by atoms with van der Waals surface area (Å²) in [7, 11) is 1.37. The minimum Gasteiger partial charge on any atom is -0.366 e. The Morgan fingerprint density at radius 1 is 1.29 bits per heavy atom. The van der Waals surface area contributed by atoms with Crippen LogP contribution < -0.4 is 5.73 Å². The first-order valence-electron chi connectivity index (χ1n) is 5.29. The van der Waals surface area contributed by atoms with E-state index >= 15 is 0 Å². The van der Waals surface area contributed by atoms with Crippen LogP contribution >= 0.6 is 0 Å². The Morgan fingerprint density at radius 3 is 1.88 bits per heavy atom. The molecule has 0 saturated heterocycles. The molecule has 17 heavy (non-hydrogen) atoms. The van der Waals surface area contributed by atoms with Crippen LogP contribution in [0.3, 0.4) is 0 Å². The summed E-state index contributed by atoms with van der Waals surface area (Å²) in [5, 5.41) is 0. The molecule has 0 aromatic carbocycles. The van der Waals surface area contributed by atoms with Crippen molar-refractivity contribution in [3.05, 3.63) is 11.1 Å². The topological polar surface area (TPSA) is 55.4 Å². The summed E-state index contributed by atoms with van der Waals surface area (Å²) in [4.78, 5) is 14.4.